The Morgan fingerprint density at radius 2 is 1.68 bits per heavy atom. The fraction of sp³-hybridized carbons (Fsp3) is 0.103. The van der Waals surface area contributed by atoms with Crippen molar-refractivity contribution in [3.8, 4) is 11.5 Å². The monoisotopic (exact) mass is 577 g/mol. The van der Waals surface area contributed by atoms with E-state index in [1.165, 1.54) is 24.1 Å². The van der Waals surface area contributed by atoms with Gasteiger partial charge in [-0.2, -0.15) is 0 Å². The number of methoxy groups -OCH3 is 1. The molecule has 5 rings (SSSR count). The SMILES string of the molecule is COc1cc(/C=C2\SC(=O)N(Cc3ccc4ccccc4c3)C2=O)cc(Br)c1OCc1ccc(F)cc1. The summed E-state index contributed by atoms with van der Waals surface area (Å²) in [4.78, 5) is 27.4. The molecule has 1 aliphatic heterocycles. The molecule has 4 aromatic carbocycles. The molecule has 0 spiro atoms. The number of hydrogen-bond acceptors (Lipinski definition) is 5. The van der Waals surface area contributed by atoms with Gasteiger partial charge in [0.15, 0.2) is 11.5 Å². The van der Waals surface area contributed by atoms with Crippen LogP contribution in [0.4, 0.5) is 9.18 Å². The van der Waals surface area contributed by atoms with Crippen molar-refractivity contribution in [3.05, 3.63) is 111 Å². The summed E-state index contributed by atoms with van der Waals surface area (Å²) in [7, 11) is 1.52. The normalized spacial score (nSPS) is 14.6. The molecule has 0 aromatic heterocycles. The average Bonchev–Trinajstić information content (AvgIpc) is 3.16. The second kappa shape index (κ2) is 10.8. The van der Waals surface area contributed by atoms with Gasteiger partial charge in [-0.1, -0.05) is 48.5 Å². The zero-order chi connectivity index (χ0) is 25.9. The second-order valence-electron chi connectivity index (χ2n) is 8.40. The van der Waals surface area contributed by atoms with E-state index >= 15 is 0 Å². The average molecular weight is 578 g/mol. The van der Waals surface area contributed by atoms with Crippen molar-refractivity contribution in [2.75, 3.05) is 7.11 Å². The molecule has 1 saturated heterocycles. The van der Waals surface area contributed by atoms with Crippen LogP contribution in [0, 0.1) is 5.82 Å². The maximum absolute atomic E-state index is 13.2. The molecule has 8 heteroatoms. The summed E-state index contributed by atoms with van der Waals surface area (Å²) < 4.78 is 25.2. The van der Waals surface area contributed by atoms with Crippen LogP contribution < -0.4 is 9.47 Å². The van der Waals surface area contributed by atoms with E-state index in [-0.39, 0.29) is 30.1 Å². The number of imide groups is 1. The lowest BCUT2D eigenvalue weighted by atomic mass is 10.1. The number of halogens is 2. The Balaban J connectivity index is 1.34. The summed E-state index contributed by atoms with van der Waals surface area (Å²) in [6, 6.07) is 23.5. The fourth-order valence-corrected chi connectivity index (χ4v) is 5.42. The van der Waals surface area contributed by atoms with Gasteiger partial charge in [0.05, 0.1) is 23.0 Å². The third-order valence-electron chi connectivity index (χ3n) is 5.87. The maximum Gasteiger partial charge on any atom is 0.293 e. The number of fused-ring (bicyclic) bond motifs is 1. The summed E-state index contributed by atoms with van der Waals surface area (Å²) in [5, 5.41) is 1.85. The van der Waals surface area contributed by atoms with Gasteiger partial charge in [-0.15, -0.1) is 0 Å². The molecule has 0 radical (unpaired) electrons. The number of carbonyl (C=O) groups excluding carboxylic acids is 2. The molecule has 0 aliphatic carbocycles. The van der Waals surface area contributed by atoms with Gasteiger partial charge in [0.1, 0.15) is 12.4 Å². The maximum atomic E-state index is 13.2. The molecule has 1 heterocycles. The first-order valence-corrected chi connectivity index (χ1v) is 13.0. The third-order valence-corrected chi connectivity index (χ3v) is 7.37. The minimum Gasteiger partial charge on any atom is -0.493 e. The van der Waals surface area contributed by atoms with Crippen molar-refractivity contribution in [2.45, 2.75) is 13.2 Å². The Hall–Kier alpha value is -3.62. The van der Waals surface area contributed by atoms with Crippen molar-refractivity contribution in [1.82, 2.24) is 4.90 Å². The first kappa shape index (κ1) is 25.0. The van der Waals surface area contributed by atoms with E-state index in [1.807, 2.05) is 42.5 Å². The summed E-state index contributed by atoms with van der Waals surface area (Å²) in [5.41, 5.74) is 2.36. The van der Waals surface area contributed by atoms with Gasteiger partial charge in [0.25, 0.3) is 11.1 Å². The minimum atomic E-state index is -0.338. The van der Waals surface area contributed by atoms with Gasteiger partial charge in [0.2, 0.25) is 0 Å². The quantitative estimate of drug-likeness (QED) is 0.212. The molecule has 37 heavy (non-hydrogen) atoms. The molecule has 4 aromatic rings. The van der Waals surface area contributed by atoms with Crippen LogP contribution in [-0.4, -0.2) is 23.2 Å². The van der Waals surface area contributed by atoms with Crippen LogP contribution in [0.3, 0.4) is 0 Å². The molecular weight excluding hydrogens is 557 g/mol. The number of nitrogens with zero attached hydrogens (tertiary/aromatic N) is 1. The van der Waals surface area contributed by atoms with E-state index in [1.54, 1.807) is 30.3 Å². The molecule has 0 unspecified atom stereocenters. The zero-order valence-corrected chi connectivity index (χ0v) is 22.1. The van der Waals surface area contributed by atoms with E-state index in [2.05, 4.69) is 15.9 Å². The van der Waals surface area contributed by atoms with Crippen LogP contribution in [0.15, 0.2) is 88.2 Å². The molecule has 1 aliphatic rings. The summed E-state index contributed by atoms with van der Waals surface area (Å²) >= 11 is 4.43. The lowest BCUT2D eigenvalue weighted by molar-refractivity contribution is -0.123. The Morgan fingerprint density at radius 3 is 2.43 bits per heavy atom. The standard InChI is InChI=1S/C29H21BrFNO4S/c1-35-25-14-20(13-24(30)27(25)36-17-18-7-10-23(31)11-8-18)15-26-28(33)32(29(34)37-26)16-19-6-9-21-4-2-3-5-22(21)12-19/h2-15H,16-17H2,1H3/b26-15-. The summed E-state index contributed by atoms with van der Waals surface area (Å²) in [6.45, 7) is 0.429. The predicted octanol–water partition coefficient (Wildman–Crippen LogP) is 7.57. The van der Waals surface area contributed by atoms with Crippen molar-refractivity contribution >= 4 is 55.7 Å². The minimum absolute atomic E-state index is 0.204. The third kappa shape index (κ3) is 5.55. The van der Waals surface area contributed by atoms with E-state index in [9.17, 15) is 14.0 Å². The van der Waals surface area contributed by atoms with E-state index in [0.29, 0.717) is 26.4 Å². The fourth-order valence-electron chi connectivity index (χ4n) is 4.01. The Morgan fingerprint density at radius 1 is 0.946 bits per heavy atom. The van der Waals surface area contributed by atoms with Crippen molar-refractivity contribution < 1.29 is 23.5 Å². The number of amides is 2. The van der Waals surface area contributed by atoms with Gasteiger partial charge in [0, 0.05) is 0 Å². The van der Waals surface area contributed by atoms with Crippen molar-refractivity contribution in [2.24, 2.45) is 0 Å². The van der Waals surface area contributed by atoms with Crippen LogP contribution in [0.5, 0.6) is 11.5 Å². The summed E-state index contributed by atoms with van der Waals surface area (Å²) in [5.74, 6) is 0.287. The van der Waals surface area contributed by atoms with E-state index in [0.717, 1.165) is 33.7 Å². The van der Waals surface area contributed by atoms with Gasteiger partial charge in [-0.25, -0.2) is 4.39 Å². The van der Waals surface area contributed by atoms with Crippen LogP contribution in [0.1, 0.15) is 16.7 Å². The number of benzene rings is 4. The van der Waals surface area contributed by atoms with Gasteiger partial charge < -0.3 is 9.47 Å². The number of carbonyl (C=O) groups is 2. The number of hydrogen-bond donors (Lipinski definition) is 0. The Labute approximate surface area is 226 Å². The van der Waals surface area contributed by atoms with Gasteiger partial charge in [-0.3, -0.25) is 14.5 Å². The van der Waals surface area contributed by atoms with E-state index in [4.69, 9.17) is 9.47 Å². The van der Waals surface area contributed by atoms with Crippen molar-refractivity contribution in [3.63, 3.8) is 0 Å². The number of thioether (sulfide) groups is 1. The highest BCUT2D eigenvalue weighted by Gasteiger charge is 2.35. The largest absolute Gasteiger partial charge is 0.493 e. The van der Waals surface area contributed by atoms with Crippen LogP contribution in [0.2, 0.25) is 0 Å². The molecule has 0 saturated carbocycles. The van der Waals surface area contributed by atoms with Crippen molar-refractivity contribution in [1.29, 1.82) is 0 Å². The lowest BCUT2D eigenvalue weighted by Crippen LogP contribution is -2.27. The highest BCUT2D eigenvalue weighted by atomic mass is 79.9. The second-order valence-corrected chi connectivity index (χ2v) is 10.2. The zero-order valence-electron chi connectivity index (χ0n) is 19.7. The lowest BCUT2D eigenvalue weighted by Gasteiger charge is -2.14. The van der Waals surface area contributed by atoms with Gasteiger partial charge >= 0.3 is 0 Å². The molecule has 0 atom stereocenters. The van der Waals surface area contributed by atoms with E-state index < -0.39 is 0 Å². The molecule has 2 amide bonds. The molecule has 1 fully saturated rings. The number of rotatable bonds is 7. The molecule has 0 N–H and O–H groups in total. The molecule has 0 bridgehead atoms. The smallest absolute Gasteiger partial charge is 0.293 e. The molecular formula is C29H21BrFNO4S. The number of ether oxygens (including phenoxy) is 2. The highest BCUT2D eigenvalue weighted by Crippen LogP contribution is 2.40. The van der Waals surface area contributed by atoms with Crippen LogP contribution >= 0.6 is 27.7 Å². The highest BCUT2D eigenvalue weighted by molar-refractivity contribution is 9.10. The van der Waals surface area contributed by atoms with Gasteiger partial charge in [-0.05, 0) is 91.6 Å². The summed E-state index contributed by atoms with van der Waals surface area (Å²) in [6.07, 6.45) is 1.67. The first-order chi connectivity index (χ1) is 17.9. The molecule has 5 nitrogen and oxygen atoms in total. The Bertz CT molecular complexity index is 1540. The Kier molecular flexibility index (Phi) is 7.30. The van der Waals surface area contributed by atoms with Crippen LogP contribution in [-0.2, 0) is 17.9 Å². The predicted molar refractivity (Wildman–Crippen MR) is 147 cm³/mol. The molecule has 186 valence electrons. The van der Waals surface area contributed by atoms with Crippen LogP contribution in [0.25, 0.3) is 16.8 Å². The first-order valence-electron chi connectivity index (χ1n) is 11.4. The topological polar surface area (TPSA) is 55.8 Å².